The summed E-state index contributed by atoms with van der Waals surface area (Å²) in [7, 11) is 1.75. The summed E-state index contributed by atoms with van der Waals surface area (Å²) >= 11 is 0. The summed E-state index contributed by atoms with van der Waals surface area (Å²) < 4.78 is 7.74. The molecule has 0 aliphatic carbocycles. The van der Waals surface area contributed by atoms with Crippen LogP contribution >= 0.6 is 0 Å². The lowest BCUT2D eigenvalue weighted by Gasteiger charge is -2.28. The van der Waals surface area contributed by atoms with Gasteiger partial charge in [-0.15, -0.1) is 0 Å². The van der Waals surface area contributed by atoms with Gasteiger partial charge in [0.1, 0.15) is 0 Å². The highest BCUT2D eigenvalue weighted by Gasteiger charge is 2.21. The first-order chi connectivity index (χ1) is 13.8. The average molecular weight is 376 g/mol. The van der Waals surface area contributed by atoms with Gasteiger partial charge in [-0.2, -0.15) is 4.98 Å². The predicted molar refractivity (Wildman–Crippen MR) is 112 cm³/mol. The number of fused-ring (bicyclic) bond motifs is 1. The van der Waals surface area contributed by atoms with Gasteiger partial charge in [0.15, 0.2) is 5.65 Å². The van der Waals surface area contributed by atoms with E-state index in [0.717, 1.165) is 48.0 Å². The van der Waals surface area contributed by atoms with Crippen LogP contribution in [-0.4, -0.2) is 53.6 Å². The number of nitrogens with two attached hydrogens (primary N) is 1. The lowest BCUT2D eigenvalue weighted by atomic mass is 10.1. The van der Waals surface area contributed by atoms with Crippen molar-refractivity contribution in [3.05, 3.63) is 66.0 Å². The number of imidazole rings is 1. The Balaban J connectivity index is 1.84. The summed E-state index contributed by atoms with van der Waals surface area (Å²) in [5.74, 6) is 0.927. The van der Waals surface area contributed by atoms with Crippen molar-refractivity contribution in [2.24, 2.45) is 10.7 Å². The molecule has 7 heteroatoms. The minimum Gasteiger partial charge on any atom is -0.405 e. The SMILES string of the molecule is CN=C(C=CN)c1cnc2nc(N3CCOCC3)n(Cc3ccccc3)c2c1. The van der Waals surface area contributed by atoms with Crippen molar-refractivity contribution in [1.82, 2.24) is 14.5 Å². The second kappa shape index (κ2) is 8.22. The van der Waals surface area contributed by atoms with Gasteiger partial charge in [0.05, 0.1) is 31.0 Å². The summed E-state index contributed by atoms with van der Waals surface area (Å²) in [5, 5.41) is 0. The van der Waals surface area contributed by atoms with Gasteiger partial charge in [0.2, 0.25) is 5.95 Å². The third-order valence-electron chi connectivity index (χ3n) is 4.85. The molecule has 2 aromatic heterocycles. The van der Waals surface area contributed by atoms with E-state index in [0.29, 0.717) is 13.2 Å². The van der Waals surface area contributed by atoms with E-state index in [4.69, 9.17) is 15.5 Å². The maximum absolute atomic E-state index is 5.57. The van der Waals surface area contributed by atoms with E-state index < -0.39 is 0 Å². The standard InChI is InChI=1S/C21H24N6O/c1-23-18(7-8-22)17-13-19-20(24-14-17)25-21(26-9-11-28-12-10-26)27(19)15-16-5-3-2-4-6-16/h2-8,13-14H,9-12,15,22H2,1H3. The van der Waals surface area contributed by atoms with Crippen LogP contribution in [-0.2, 0) is 11.3 Å². The fraction of sp³-hybridized carbons (Fsp3) is 0.286. The van der Waals surface area contributed by atoms with Gasteiger partial charge in [-0.25, -0.2) is 4.98 Å². The van der Waals surface area contributed by atoms with Crippen LogP contribution in [0, 0.1) is 0 Å². The van der Waals surface area contributed by atoms with Crippen molar-refractivity contribution in [3.63, 3.8) is 0 Å². The molecule has 0 spiro atoms. The normalized spacial score (nSPS) is 15.6. The molecular formula is C21H24N6O. The van der Waals surface area contributed by atoms with Gasteiger partial charge in [-0.3, -0.25) is 4.99 Å². The summed E-state index contributed by atoms with van der Waals surface area (Å²) in [6.07, 6.45) is 5.07. The number of hydrogen-bond acceptors (Lipinski definition) is 6. The van der Waals surface area contributed by atoms with Gasteiger partial charge in [0, 0.05) is 31.9 Å². The maximum Gasteiger partial charge on any atom is 0.208 e. The number of morpholine rings is 1. The summed E-state index contributed by atoms with van der Waals surface area (Å²) in [5.41, 5.74) is 10.2. The third kappa shape index (κ3) is 3.61. The molecule has 1 fully saturated rings. The molecule has 7 nitrogen and oxygen atoms in total. The second-order valence-electron chi connectivity index (χ2n) is 6.62. The molecule has 1 aromatic carbocycles. The molecule has 3 aromatic rings. The number of aromatic nitrogens is 3. The highest BCUT2D eigenvalue weighted by atomic mass is 16.5. The fourth-order valence-electron chi connectivity index (χ4n) is 3.45. The van der Waals surface area contributed by atoms with Gasteiger partial charge in [-0.05, 0) is 23.9 Å². The first kappa shape index (κ1) is 18.2. The van der Waals surface area contributed by atoms with E-state index in [1.54, 1.807) is 19.3 Å². The molecule has 144 valence electrons. The van der Waals surface area contributed by atoms with Gasteiger partial charge < -0.3 is 19.9 Å². The minimum atomic E-state index is 0.709. The Morgan fingerprint density at radius 3 is 2.75 bits per heavy atom. The van der Waals surface area contributed by atoms with Crippen LogP contribution in [0.1, 0.15) is 11.1 Å². The van der Waals surface area contributed by atoms with Crippen molar-refractivity contribution in [3.8, 4) is 0 Å². The van der Waals surface area contributed by atoms with Crippen LogP contribution in [0.25, 0.3) is 11.2 Å². The molecule has 0 atom stereocenters. The lowest BCUT2D eigenvalue weighted by Crippen LogP contribution is -2.38. The number of aliphatic imine (C=N–C) groups is 1. The molecule has 28 heavy (non-hydrogen) atoms. The molecule has 0 radical (unpaired) electrons. The summed E-state index contributed by atoms with van der Waals surface area (Å²) in [6.45, 7) is 3.79. The van der Waals surface area contributed by atoms with Crippen molar-refractivity contribution in [1.29, 1.82) is 0 Å². The maximum atomic E-state index is 5.57. The first-order valence-corrected chi connectivity index (χ1v) is 9.38. The number of allylic oxidation sites excluding steroid dienone is 1. The largest absolute Gasteiger partial charge is 0.405 e. The Labute approximate surface area is 164 Å². The molecule has 1 aliphatic rings. The van der Waals surface area contributed by atoms with E-state index in [1.807, 2.05) is 6.07 Å². The molecule has 2 N–H and O–H groups in total. The van der Waals surface area contributed by atoms with E-state index in [2.05, 4.69) is 49.8 Å². The van der Waals surface area contributed by atoms with Crippen LogP contribution in [0.5, 0.6) is 0 Å². The predicted octanol–water partition coefficient (Wildman–Crippen LogP) is 2.21. The first-order valence-electron chi connectivity index (χ1n) is 9.38. The zero-order chi connectivity index (χ0) is 19.3. The lowest BCUT2D eigenvalue weighted by molar-refractivity contribution is 0.121. The zero-order valence-electron chi connectivity index (χ0n) is 16.0. The number of ether oxygens (including phenoxy) is 1. The number of nitrogens with zero attached hydrogens (tertiary/aromatic N) is 5. The molecule has 0 saturated carbocycles. The Bertz CT molecular complexity index is 1000. The molecule has 1 saturated heterocycles. The van der Waals surface area contributed by atoms with E-state index in [9.17, 15) is 0 Å². The van der Waals surface area contributed by atoms with Crippen LogP contribution in [0.15, 0.2) is 59.9 Å². The molecule has 3 heterocycles. The van der Waals surface area contributed by atoms with Crippen LogP contribution < -0.4 is 10.6 Å². The van der Waals surface area contributed by atoms with Gasteiger partial charge in [0.25, 0.3) is 0 Å². The minimum absolute atomic E-state index is 0.709. The van der Waals surface area contributed by atoms with E-state index in [1.165, 1.54) is 11.8 Å². The molecule has 0 bridgehead atoms. The summed E-state index contributed by atoms with van der Waals surface area (Å²) in [6, 6.07) is 12.5. The summed E-state index contributed by atoms with van der Waals surface area (Å²) in [4.78, 5) is 16.0. The quantitative estimate of drug-likeness (QED) is 0.691. The smallest absolute Gasteiger partial charge is 0.208 e. The molecule has 1 aliphatic heterocycles. The number of pyridine rings is 1. The van der Waals surface area contributed by atoms with E-state index in [-0.39, 0.29) is 0 Å². The van der Waals surface area contributed by atoms with Crippen molar-refractivity contribution >= 4 is 22.8 Å². The van der Waals surface area contributed by atoms with Gasteiger partial charge in [-0.1, -0.05) is 30.3 Å². The highest BCUT2D eigenvalue weighted by molar-refractivity contribution is 6.09. The van der Waals surface area contributed by atoms with Crippen molar-refractivity contribution in [2.45, 2.75) is 6.54 Å². The Kier molecular flexibility index (Phi) is 5.34. The van der Waals surface area contributed by atoms with Crippen LogP contribution in [0.3, 0.4) is 0 Å². The van der Waals surface area contributed by atoms with Crippen molar-refractivity contribution in [2.75, 3.05) is 38.3 Å². The number of benzene rings is 1. The number of rotatable bonds is 5. The van der Waals surface area contributed by atoms with E-state index >= 15 is 0 Å². The fourth-order valence-corrected chi connectivity index (χ4v) is 3.45. The zero-order valence-corrected chi connectivity index (χ0v) is 16.0. The van der Waals surface area contributed by atoms with Crippen LogP contribution in [0.2, 0.25) is 0 Å². The molecule has 4 rings (SSSR count). The van der Waals surface area contributed by atoms with Crippen molar-refractivity contribution < 1.29 is 4.74 Å². The highest BCUT2D eigenvalue weighted by Crippen LogP contribution is 2.25. The Morgan fingerprint density at radius 2 is 2.04 bits per heavy atom. The number of hydrogen-bond donors (Lipinski definition) is 1. The topological polar surface area (TPSA) is 81.6 Å². The Hall–Kier alpha value is -3.19. The monoisotopic (exact) mass is 376 g/mol. The molecule has 0 amide bonds. The third-order valence-corrected chi connectivity index (χ3v) is 4.85. The second-order valence-corrected chi connectivity index (χ2v) is 6.62. The molecular weight excluding hydrogens is 352 g/mol. The molecule has 0 unspecified atom stereocenters. The number of anilines is 1. The van der Waals surface area contributed by atoms with Crippen LogP contribution in [0.4, 0.5) is 5.95 Å². The average Bonchev–Trinajstić information content (AvgIpc) is 3.11. The van der Waals surface area contributed by atoms with Gasteiger partial charge >= 0.3 is 0 Å². The Morgan fingerprint density at radius 1 is 1.25 bits per heavy atom.